The van der Waals surface area contributed by atoms with E-state index in [2.05, 4.69) is 21.5 Å². The van der Waals surface area contributed by atoms with Gasteiger partial charge in [-0.3, -0.25) is 4.79 Å². The molecule has 1 atom stereocenters. The van der Waals surface area contributed by atoms with Gasteiger partial charge in [-0.1, -0.05) is 66.7 Å². The van der Waals surface area contributed by atoms with Gasteiger partial charge in [0.25, 0.3) is 0 Å². The molecule has 0 aromatic heterocycles. The molecule has 0 saturated carbocycles. The number of aryl methyl sites for hydroxylation is 1. The number of carbonyl (C=O) groups is 1. The minimum Gasteiger partial charge on any atom is -0.369 e. The number of hydrogen-bond donors (Lipinski definition) is 1. The summed E-state index contributed by atoms with van der Waals surface area (Å²) in [5.41, 5.74) is 7.88. The van der Waals surface area contributed by atoms with Crippen LogP contribution in [0.4, 0.5) is 5.69 Å². The van der Waals surface area contributed by atoms with Crippen LogP contribution < -0.4 is 10.3 Å². The third-order valence-corrected chi connectivity index (χ3v) is 5.84. The van der Waals surface area contributed by atoms with Crippen molar-refractivity contribution in [3.8, 4) is 0 Å². The van der Waals surface area contributed by atoms with Gasteiger partial charge in [-0.2, -0.15) is 5.10 Å². The number of anilines is 1. The van der Waals surface area contributed by atoms with E-state index in [0.717, 1.165) is 41.0 Å². The molecule has 0 aliphatic carbocycles. The quantitative estimate of drug-likeness (QED) is 0.215. The van der Waals surface area contributed by atoms with Crippen LogP contribution in [0.1, 0.15) is 28.2 Å². The molecule has 0 aliphatic rings. The summed E-state index contributed by atoms with van der Waals surface area (Å²) in [7, 11) is 0. The molecule has 0 aliphatic heterocycles. The van der Waals surface area contributed by atoms with Crippen LogP contribution >= 0.6 is 23.2 Å². The van der Waals surface area contributed by atoms with Gasteiger partial charge in [0.2, 0.25) is 5.91 Å². The molecular formula is C27H29Cl2N3O. The van der Waals surface area contributed by atoms with Crippen LogP contribution in [0.5, 0.6) is 0 Å². The maximum atomic E-state index is 13.1. The number of benzene rings is 3. The Balaban J connectivity index is 1.71. The highest BCUT2D eigenvalue weighted by molar-refractivity contribution is 6.18. The Morgan fingerprint density at radius 2 is 1.61 bits per heavy atom. The van der Waals surface area contributed by atoms with Gasteiger partial charge in [0.15, 0.2) is 0 Å². The highest BCUT2D eigenvalue weighted by Crippen LogP contribution is 2.22. The van der Waals surface area contributed by atoms with Crippen molar-refractivity contribution in [3.63, 3.8) is 0 Å². The molecule has 3 rings (SSSR count). The molecule has 172 valence electrons. The average molecular weight is 482 g/mol. The van der Waals surface area contributed by atoms with E-state index < -0.39 is 0 Å². The molecule has 0 spiro atoms. The summed E-state index contributed by atoms with van der Waals surface area (Å²) in [5.74, 6) is 0.618. The second-order valence-corrected chi connectivity index (χ2v) is 8.55. The van der Waals surface area contributed by atoms with Crippen LogP contribution in [0.2, 0.25) is 0 Å². The molecule has 6 heteroatoms. The van der Waals surface area contributed by atoms with Gasteiger partial charge in [0, 0.05) is 30.5 Å². The maximum Gasteiger partial charge on any atom is 0.247 e. The lowest BCUT2D eigenvalue weighted by molar-refractivity contribution is -0.122. The number of carbonyl (C=O) groups excluding carboxylic acids is 1. The minimum atomic E-state index is -0.325. The largest absolute Gasteiger partial charge is 0.369 e. The lowest BCUT2D eigenvalue weighted by Crippen LogP contribution is -2.27. The van der Waals surface area contributed by atoms with Crippen molar-refractivity contribution >= 4 is 41.0 Å². The normalized spacial score (nSPS) is 12.0. The predicted molar refractivity (Wildman–Crippen MR) is 140 cm³/mol. The highest BCUT2D eigenvalue weighted by atomic mass is 35.5. The van der Waals surface area contributed by atoms with Crippen LogP contribution in [0.25, 0.3) is 0 Å². The number of hydrazone groups is 1. The number of alkyl halides is 2. The zero-order chi connectivity index (χ0) is 23.5. The van der Waals surface area contributed by atoms with Gasteiger partial charge >= 0.3 is 0 Å². The number of amides is 1. The summed E-state index contributed by atoms with van der Waals surface area (Å²) in [6.45, 7) is 3.49. The summed E-state index contributed by atoms with van der Waals surface area (Å²) in [6.07, 6.45) is 2.30. The predicted octanol–water partition coefficient (Wildman–Crippen LogP) is 5.76. The summed E-state index contributed by atoms with van der Waals surface area (Å²) in [4.78, 5) is 15.2. The molecule has 1 amide bonds. The fourth-order valence-corrected chi connectivity index (χ4v) is 4.12. The van der Waals surface area contributed by atoms with Gasteiger partial charge in [0.05, 0.1) is 12.1 Å². The monoisotopic (exact) mass is 481 g/mol. The SMILES string of the molecule is Cc1cc(N(CCCl)CCCl)ccc1C=NNC(=O)C(Cc1ccccc1)c1ccccc1. The van der Waals surface area contributed by atoms with Gasteiger partial charge < -0.3 is 4.90 Å². The second-order valence-electron chi connectivity index (χ2n) is 7.79. The van der Waals surface area contributed by atoms with Gasteiger partial charge in [-0.15, -0.1) is 23.2 Å². The van der Waals surface area contributed by atoms with Gasteiger partial charge in [0.1, 0.15) is 0 Å². The molecule has 3 aromatic rings. The number of halogens is 2. The van der Waals surface area contributed by atoms with E-state index in [-0.39, 0.29) is 11.8 Å². The molecule has 0 fully saturated rings. The Morgan fingerprint density at radius 1 is 0.970 bits per heavy atom. The molecular weight excluding hydrogens is 453 g/mol. The number of rotatable bonds is 11. The van der Waals surface area contributed by atoms with Crippen molar-refractivity contribution in [2.45, 2.75) is 19.3 Å². The van der Waals surface area contributed by atoms with Crippen LogP contribution in [-0.4, -0.2) is 37.0 Å². The van der Waals surface area contributed by atoms with E-state index >= 15 is 0 Å². The molecule has 0 radical (unpaired) electrons. The van der Waals surface area contributed by atoms with Crippen LogP contribution in [-0.2, 0) is 11.2 Å². The van der Waals surface area contributed by atoms with E-state index in [9.17, 15) is 4.79 Å². The minimum absolute atomic E-state index is 0.133. The van der Waals surface area contributed by atoms with Crippen LogP contribution in [0, 0.1) is 6.92 Å². The molecule has 0 saturated heterocycles. The third kappa shape index (κ3) is 7.34. The lowest BCUT2D eigenvalue weighted by atomic mass is 9.91. The van der Waals surface area contributed by atoms with Crippen molar-refractivity contribution in [3.05, 3.63) is 101 Å². The smallest absolute Gasteiger partial charge is 0.247 e. The molecule has 1 unspecified atom stereocenters. The molecule has 0 heterocycles. The Bertz CT molecular complexity index is 1040. The number of nitrogens with one attached hydrogen (secondary N) is 1. The zero-order valence-corrected chi connectivity index (χ0v) is 20.3. The zero-order valence-electron chi connectivity index (χ0n) is 18.8. The van der Waals surface area contributed by atoms with Crippen LogP contribution in [0.15, 0.2) is 84.0 Å². The molecule has 3 aromatic carbocycles. The Kier molecular flexibility index (Phi) is 9.79. The topological polar surface area (TPSA) is 44.7 Å². The van der Waals surface area contributed by atoms with Crippen molar-refractivity contribution in [2.24, 2.45) is 5.10 Å². The maximum absolute atomic E-state index is 13.1. The highest BCUT2D eigenvalue weighted by Gasteiger charge is 2.20. The summed E-state index contributed by atoms with van der Waals surface area (Å²) < 4.78 is 0. The number of hydrogen-bond acceptors (Lipinski definition) is 3. The fraction of sp³-hybridized carbons (Fsp3) is 0.259. The Hall–Kier alpha value is -2.82. The van der Waals surface area contributed by atoms with E-state index in [1.165, 1.54) is 0 Å². The third-order valence-electron chi connectivity index (χ3n) is 5.51. The number of nitrogens with zero attached hydrogens (tertiary/aromatic N) is 2. The first-order valence-corrected chi connectivity index (χ1v) is 12.1. The van der Waals surface area contributed by atoms with Crippen molar-refractivity contribution < 1.29 is 4.79 Å². The Morgan fingerprint density at radius 3 is 2.21 bits per heavy atom. The first-order chi connectivity index (χ1) is 16.1. The average Bonchev–Trinajstić information content (AvgIpc) is 2.84. The van der Waals surface area contributed by atoms with E-state index in [1.54, 1.807) is 6.21 Å². The first-order valence-electron chi connectivity index (χ1n) is 11.0. The van der Waals surface area contributed by atoms with Gasteiger partial charge in [-0.25, -0.2) is 5.43 Å². The first kappa shape index (κ1) is 24.8. The van der Waals surface area contributed by atoms with Crippen molar-refractivity contribution in [1.82, 2.24) is 5.43 Å². The standard InChI is InChI=1S/C27H29Cl2N3O/c1-21-18-25(32(16-14-28)17-15-29)13-12-24(21)20-30-31-27(33)26(23-10-6-3-7-11-23)19-22-8-4-2-5-9-22/h2-13,18,20,26H,14-17,19H2,1H3,(H,31,33). The fourth-order valence-electron chi connectivity index (χ4n) is 3.72. The molecule has 0 bridgehead atoms. The van der Waals surface area contributed by atoms with Gasteiger partial charge in [-0.05, 0) is 47.7 Å². The summed E-state index contributed by atoms with van der Waals surface area (Å²) >= 11 is 11.9. The molecule has 1 N–H and O–H groups in total. The Labute approximate surface area is 206 Å². The summed E-state index contributed by atoms with van der Waals surface area (Å²) in [6, 6.07) is 25.9. The van der Waals surface area contributed by atoms with Crippen LogP contribution in [0.3, 0.4) is 0 Å². The van der Waals surface area contributed by atoms with E-state index in [4.69, 9.17) is 23.2 Å². The van der Waals surface area contributed by atoms with Crippen molar-refractivity contribution in [2.75, 3.05) is 29.7 Å². The lowest BCUT2D eigenvalue weighted by Gasteiger charge is -2.23. The van der Waals surface area contributed by atoms with E-state index in [0.29, 0.717) is 18.2 Å². The van der Waals surface area contributed by atoms with Crippen molar-refractivity contribution in [1.29, 1.82) is 0 Å². The second kappa shape index (κ2) is 13.0. The molecule has 33 heavy (non-hydrogen) atoms. The molecule has 4 nitrogen and oxygen atoms in total. The van der Waals surface area contributed by atoms with E-state index in [1.807, 2.05) is 79.7 Å². The summed E-state index contributed by atoms with van der Waals surface area (Å²) in [5, 5.41) is 4.26.